The fourth-order valence-electron chi connectivity index (χ4n) is 1.39. The first kappa shape index (κ1) is 14.0. The summed E-state index contributed by atoms with van der Waals surface area (Å²) in [5, 5.41) is 3.56. The van der Waals surface area contributed by atoms with Crippen molar-refractivity contribution in [1.29, 1.82) is 0 Å². The van der Waals surface area contributed by atoms with Gasteiger partial charge in [0.25, 0.3) is 10.0 Å². The molecule has 2 rings (SSSR count). The number of halogens is 1. The van der Waals surface area contributed by atoms with Crippen LogP contribution in [0.2, 0.25) is 0 Å². The molecule has 2 heterocycles. The molecule has 2 aromatic heterocycles. The van der Waals surface area contributed by atoms with Gasteiger partial charge in [-0.15, -0.1) is 22.7 Å². The lowest BCUT2D eigenvalue weighted by molar-refractivity contribution is 0.469. The fourth-order valence-corrected chi connectivity index (χ4v) is 5.04. The lowest BCUT2D eigenvalue weighted by atomic mass is 10.3. The Morgan fingerprint density at radius 3 is 2.56 bits per heavy atom. The second-order valence-electron chi connectivity index (χ2n) is 3.72. The summed E-state index contributed by atoms with van der Waals surface area (Å²) in [5.41, 5.74) is 6.99. The van der Waals surface area contributed by atoms with Gasteiger partial charge in [-0.2, -0.15) is 4.31 Å². The maximum atomic E-state index is 12.2. The van der Waals surface area contributed by atoms with Crippen molar-refractivity contribution in [2.75, 3.05) is 12.8 Å². The van der Waals surface area contributed by atoms with E-state index in [4.69, 9.17) is 5.73 Å². The third-order valence-corrected chi connectivity index (χ3v) is 7.08. The van der Waals surface area contributed by atoms with E-state index in [1.807, 2.05) is 11.4 Å². The summed E-state index contributed by atoms with van der Waals surface area (Å²) in [6.07, 6.45) is 0. The van der Waals surface area contributed by atoms with Gasteiger partial charge < -0.3 is 5.73 Å². The van der Waals surface area contributed by atoms with E-state index in [2.05, 4.69) is 15.9 Å². The topological polar surface area (TPSA) is 63.4 Å². The van der Waals surface area contributed by atoms with Crippen LogP contribution in [-0.4, -0.2) is 19.8 Å². The quantitative estimate of drug-likeness (QED) is 0.904. The predicted octanol–water partition coefficient (Wildman–Crippen LogP) is 2.98. The van der Waals surface area contributed by atoms with Gasteiger partial charge >= 0.3 is 0 Å². The number of sulfonamides is 1. The van der Waals surface area contributed by atoms with Crippen LogP contribution < -0.4 is 5.73 Å². The van der Waals surface area contributed by atoms with Crippen LogP contribution >= 0.6 is 38.6 Å². The van der Waals surface area contributed by atoms with Gasteiger partial charge in [-0.1, -0.05) is 0 Å². The second-order valence-corrected chi connectivity index (χ2v) is 9.19. The molecule has 0 amide bonds. The SMILES string of the molecule is CN(Cc1csc(Br)c1)S(=O)(=O)c1cc(N)cs1. The number of nitrogen functional groups attached to an aromatic ring is 1. The zero-order chi connectivity index (χ0) is 13.3. The van der Waals surface area contributed by atoms with Crippen molar-refractivity contribution < 1.29 is 8.42 Å². The summed E-state index contributed by atoms with van der Waals surface area (Å²) < 4.78 is 27.0. The predicted molar refractivity (Wildman–Crippen MR) is 79.4 cm³/mol. The van der Waals surface area contributed by atoms with E-state index in [-0.39, 0.29) is 4.21 Å². The largest absolute Gasteiger partial charge is 0.398 e. The molecule has 0 aromatic carbocycles. The molecular formula is C10H11BrN2O2S3. The van der Waals surface area contributed by atoms with E-state index in [1.165, 1.54) is 21.7 Å². The molecule has 0 radical (unpaired) electrons. The number of rotatable bonds is 4. The summed E-state index contributed by atoms with van der Waals surface area (Å²) in [5.74, 6) is 0. The van der Waals surface area contributed by atoms with E-state index in [0.29, 0.717) is 12.2 Å². The minimum atomic E-state index is -3.45. The number of hydrogen-bond donors (Lipinski definition) is 1. The van der Waals surface area contributed by atoms with Crippen LogP contribution in [0.15, 0.2) is 30.9 Å². The van der Waals surface area contributed by atoms with Crippen LogP contribution in [0.1, 0.15) is 5.56 Å². The molecule has 4 nitrogen and oxygen atoms in total. The Labute approximate surface area is 122 Å². The monoisotopic (exact) mass is 366 g/mol. The average Bonchev–Trinajstić information content (AvgIpc) is 2.88. The number of hydrogen-bond acceptors (Lipinski definition) is 5. The van der Waals surface area contributed by atoms with Gasteiger partial charge in [0.15, 0.2) is 0 Å². The summed E-state index contributed by atoms with van der Waals surface area (Å²) in [6.45, 7) is 0.349. The second kappa shape index (κ2) is 5.30. The molecular weight excluding hydrogens is 356 g/mol. The minimum Gasteiger partial charge on any atom is -0.398 e. The molecule has 2 aromatic rings. The van der Waals surface area contributed by atoms with Crippen molar-refractivity contribution in [2.45, 2.75) is 10.8 Å². The molecule has 0 aliphatic heterocycles. The molecule has 0 aliphatic rings. The van der Waals surface area contributed by atoms with Crippen molar-refractivity contribution in [1.82, 2.24) is 4.31 Å². The Bertz CT molecular complexity index is 648. The lowest BCUT2D eigenvalue weighted by Crippen LogP contribution is -2.25. The Kier molecular flexibility index (Phi) is 4.12. The van der Waals surface area contributed by atoms with Crippen molar-refractivity contribution >= 4 is 54.3 Å². The zero-order valence-electron chi connectivity index (χ0n) is 9.46. The summed E-state index contributed by atoms with van der Waals surface area (Å²) >= 11 is 6.03. The number of nitrogens with two attached hydrogens (primary N) is 1. The summed E-state index contributed by atoms with van der Waals surface area (Å²) in [4.78, 5) is 0. The number of thiophene rings is 2. The van der Waals surface area contributed by atoms with Crippen LogP contribution in [0.5, 0.6) is 0 Å². The highest BCUT2D eigenvalue weighted by Gasteiger charge is 2.22. The normalized spacial score (nSPS) is 12.2. The maximum absolute atomic E-state index is 12.2. The number of nitrogens with zero attached hydrogens (tertiary/aromatic N) is 1. The molecule has 0 saturated heterocycles. The van der Waals surface area contributed by atoms with Gasteiger partial charge in [0.1, 0.15) is 4.21 Å². The molecule has 0 unspecified atom stereocenters. The molecule has 0 fully saturated rings. The van der Waals surface area contributed by atoms with Crippen molar-refractivity contribution in [3.8, 4) is 0 Å². The van der Waals surface area contributed by atoms with Crippen molar-refractivity contribution in [3.05, 3.63) is 32.2 Å². The van der Waals surface area contributed by atoms with E-state index in [1.54, 1.807) is 12.4 Å². The highest BCUT2D eigenvalue weighted by molar-refractivity contribution is 9.11. The standard InChI is InChI=1S/C10H11BrN2O2S3/c1-13(4-7-2-9(11)16-5-7)18(14,15)10-3-8(12)6-17-10/h2-3,5-6H,4,12H2,1H3. The van der Waals surface area contributed by atoms with Crippen LogP contribution in [0.4, 0.5) is 5.69 Å². The first-order chi connectivity index (χ1) is 8.39. The molecule has 0 atom stereocenters. The van der Waals surface area contributed by atoms with Crippen LogP contribution in [0, 0.1) is 0 Å². The first-order valence-corrected chi connectivity index (χ1v) is 8.92. The molecule has 0 saturated carbocycles. The average molecular weight is 367 g/mol. The molecule has 98 valence electrons. The smallest absolute Gasteiger partial charge is 0.252 e. The Hall–Kier alpha value is -0.410. The molecule has 2 N–H and O–H groups in total. The molecule has 8 heteroatoms. The molecule has 0 spiro atoms. The van der Waals surface area contributed by atoms with Gasteiger partial charge in [0.05, 0.1) is 3.79 Å². The third kappa shape index (κ3) is 2.94. The lowest BCUT2D eigenvalue weighted by Gasteiger charge is -2.14. The molecule has 18 heavy (non-hydrogen) atoms. The van der Waals surface area contributed by atoms with Crippen LogP contribution in [0.3, 0.4) is 0 Å². The van der Waals surface area contributed by atoms with Crippen molar-refractivity contribution in [2.24, 2.45) is 0 Å². The summed E-state index contributed by atoms with van der Waals surface area (Å²) in [7, 11) is -1.88. The maximum Gasteiger partial charge on any atom is 0.252 e. The molecule has 0 bridgehead atoms. The molecule has 0 aliphatic carbocycles. The van der Waals surface area contributed by atoms with Crippen LogP contribution in [0.25, 0.3) is 0 Å². The fraction of sp³-hybridized carbons (Fsp3) is 0.200. The minimum absolute atomic E-state index is 0.275. The van der Waals surface area contributed by atoms with Crippen molar-refractivity contribution in [3.63, 3.8) is 0 Å². The van der Waals surface area contributed by atoms with E-state index < -0.39 is 10.0 Å². The number of anilines is 1. The van der Waals surface area contributed by atoms with Gasteiger partial charge in [-0.3, -0.25) is 0 Å². The highest BCUT2D eigenvalue weighted by atomic mass is 79.9. The highest BCUT2D eigenvalue weighted by Crippen LogP contribution is 2.27. The van der Waals surface area contributed by atoms with Gasteiger partial charge in [-0.25, -0.2) is 8.42 Å². The first-order valence-electron chi connectivity index (χ1n) is 4.93. The van der Waals surface area contributed by atoms with E-state index >= 15 is 0 Å². The van der Waals surface area contributed by atoms with E-state index in [9.17, 15) is 8.42 Å². The third-order valence-electron chi connectivity index (χ3n) is 2.29. The Morgan fingerprint density at radius 1 is 1.33 bits per heavy atom. The van der Waals surface area contributed by atoms with E-state index in [0.717, 1.165) is 20.7 Å². The Morgan fingerprint density at radius 2 is 2.06 bits per heavy atom. The summed E-state index contributed by atoms with van der Waals surface area (Å²) in [6, 6.07) is 3.40. The zero-order valence-corrected chi connectivity index (χ0v) is 13.5. The van der Waals surface area contributed by atoms with Gasteiger partial charge in [0, 0.05) is 24.7 Å². The van der Waals surface area contributed by atoms with Crippen LogP contribution in [-0.2, 0) is 16.6 Å². The van der Waals surface area contributed by atoms with Gasteiger partial charge in [0.2, 0.25) is 0 Å². The van der Waals surface area contributed by atoms with Gasteiger partial charge in [-0.05, 0) is 39.0 Å². The Balaban J connectivity index is 2.20.